The molecule has 1 aromatic carbocycles. The lowest BCUT2D eigenvalue weighted by molar-refractivity contribution is 0.313. The van der Waals surface area contributed by atoms with Crippen LogP contribution in [0.15, 0.2) is 36.7 Å². The minimum atomic E-state index is 0.234. The Hall–Kier alpha value is -3.12. The standard InChI is InChI=1S/C15H13N5O/c16-6-1-2-9-21-13-5-3-4-12(10-13)20-15-14(11-17)18-7-8-19-15/h3-5,7-8,10H,1-2,9H2,(H,19,20). The van der Waals surface area contributed by atoms with Crippen molar-refractivity contribution in [2.24, 2.45) is 0 Å². The normalized spacial score (nSPS) is 9.43. The van der Waals surface area contributed by atoms with E-state index in [0.29, 0.717) is 31.0 Å². The molecule has 2 aromatic rings. The molecule has 0 unspecified atom stereocenters. The highest BCUT2D eigenvalue weighted by Crippen LogP contribution is 2.21. The van der Waals surface area contributed by atoms with E-state index in [4.69, 9.17) is 15.3 Å². The Morgan fingerprint density at radius 2 is 2.05 bits per heavy atom. The Labute approximate surface area is 122 Å². The quantitative estimate of drug-likeness (QED) is 0.817. The van der Waals surface area contributed by atoms with Gasteiger partial charge in [0.25, 0.3) is 0 Å². The average Bonchev–Trinajstić information content (AvgIpc) is 2.52. The molecule has 104 valence electrons. The van der Waals surface area contributed by atoms with Gasteiger partial charge in [0.05, 0.1) is 12.7 Å². The van der Waals surface area contributed by atoms with E-state index >= 15 is 0 Å². The van der Waals surface area contributed by atoms with Gasteiger partial charge in [0, 0.05) is 30.6 Å². The molecular formula is C15H13N5O. The number of rotatable bonds is 6. The molecule has 0 spiro atoms. The predicted molar refractivity (Wildman–Crippen MR) is 76.8 cm³/mol. The minimum absolute atomic E-state index is 0.234. The maximum Gasteiger partial charge on any atom is 0.183 e. The number of hydrogen-bond donors (Lipinski definition) is 1. The molecule has 0 atom stereocenters. The summed E-state index contributed by atoms with van der Waals surface area (Å²) >= 11 is 0. The number of benzene rings is 1. The van der Waals surface area contributed by atoms with E-state index in [2.05, 4.69) is 21.4 Å². The molecule has 6 heteroatoms. The van der Waals surface area contributed by atoms with E-state index in [1.54, 1.807) is 0 Å². The number of ether oxygens (including phenoxy) is 1. The van der Waals surface area contributed by atoms with Crippen molar-refractivity contribution in [3.8, 4) is 17.9 Å². The third kappa shape index (κ3) is 4.19. The lowest BCUT2D eigenvalue weighted by Crippen LogP contribution is -2.00. The molecule has 0 radical (unpaired) electrons. The molecule has 1 aromatic heterocycles. The predicted octanol–water partition coefficient (Wildman–Crippen LogP) is 2.77. The molecule has 0 fully saturated rings. The summed E-state index contributed by atoms with van der Waals surface area (Å²) < 4.78 is 5.55. The van der Waals surface area contributed by atoms with Gasteiger partial charge in [0.2, 0.25) is 0 Å². The number of nitrogens with one attached hydrogen (secondary N) is 1. The SMILES string of the molecule is N#CCCCOc1cccc(Nc2nccnc2C#N)c1. The number of anilines is 2. The molecule has 0 aliphatic rings. The van der Waals surface area contributed by atoms with E-state index in [9.17, 15) is 0 Å². The van der Waals surface area contributed by atoms with Crippen molar-refractivity contribution in [2.45, 2.75) is 12.8 Å². The van der Waals surface area contributed by atoms with Crippen LogP contribution in [0.2, 0.25) is 0 Å². The van der Waals surface area contributed by atoms with E-state index < -0.39 is 0 Å². The summed E-state index contributed by atoms with van der Waals surface area (Å²) in [6, 6.07) is 11.4. The van der Waals surface area contributed by atoms with Gasteiger partial charge in [-0.25, -0.2) is 9.97 Å². The maximum absolute atomic E-state index is 8.97. The van der Waals surface area contributed by atoms with Crippen LogP contribution in [-0.4, -0.2) is 16.6 Å². The van der Waals surface area contributed by atoms with Crippen LogP contribution in [0.4, 0.5) is 11.5 Å². The van der Waals surface area contributed by atoms with E-state index in [1.165, 1.54) is 12.4 Å². The zero-order valence-corrected chi connectivity index (χ0v) is 11.3. The fraction of sp³-hybridized carbons (Fsp3) is 0.200. The molecule has 0 aliphatic carbocycles. The molecule has 0 bridgehead atoms. The Morgan fingerprint density at radius 3 is 2.86 bits per heavy atom. The molecule has 21 heavy (non-hydrogen) atoms. The molecule has 0 saturated heterocycles. The highest BCUT2D eigenvalue weighted by molar-refractivity contribution is 5.61. The Morgan fingerprint density at radius 1 is 1.19 bits per heavy atom. The lowest BCUT2D eigenvalue weighted by Gasteiger charge is -2.09. The minimum Gasteiger partial charge on any atom is -0.493 e. The van der Waals surface area contributed by atoms with Crippen LogP contribution in [0.3, 0.4) is 0 Å². The molecule has 0 saturated carbocycles. The highest BCUT2D eigenvalue weighted by atomic mass is 16.5. The molecule has 1 heterocycles. The number of aromatic nitrogens is 2. The zero-order valence-electron chi connectivity index (χ0n) is 11.3. The Kier molecular flexibility index (Phi) is 5.08. The topological polar surface area (TPSA) is 94.6 Å². The van der Waals surface area contributed by atoms with Gasteiger partial charge in [0.1, 0.15) is 11.8 Å². The summed E-state index contributed by atoms with van der Waals surface area (Å²) in [5.74, 6) is 1.10. The van der Waals surface area contributed by atoms with Crippen LogP contribution in [0.25, 0.3) is 0 Å². The summed E-state index contributed by atoms with van der Waals surface area (Å²) in [5.41, 5.74) is 0.989. The van der Waals surface area contributed by atoms with Crippen LogP contribution < -0.4 is 10.1 Å². The molecule has 2 rings (SSSR count). The highest BCUT2D eigenvalue weighted by Gasteiger charge is 2.05. The number of nitriles is 2. The van der Waals surface area contributed by atoms with Gasteiger partial charge < -0.3 is 10.1 Å². The second-order valence-corrected chi connectivity index (χ2v) is 4.13. The lowest BCUT2D eigenvalue weighted by atomic mass is 10.3. The van der Waals surface area contributed by atoms with Crippen molar-refractivity contribution in [3.63, 3.8) is 0 Å². The van der Waals surface area contributed by atoms with Crippen LogP contribution in [-0.2, 0) is 0 Å². The summed E-state index contributed by atoms with van der Waals surface area (Å²) in [6.45, 7) is 0.492. The fourth-order valence-corrected chi connectivity index (χ4v) is 1.65. The third-order valence-corrected chi connectivity index (χ3v) is 2.60. The molecule has 0 aliphatic heterocycles. The van der Waals surface area contributed by atoms with Crippen LogP contribution in [0.1, 0.15) is 18.5 Å². The summed E-state index contributed by atoms with van der Waals surface area (Å²) in [6.07, 6.45) is 4.16. The summed E-state index contributed by atoms with van der Waals surface area (Å²) in [4.78, 5) is 8.03. The van der Waals surface area contributed by atoms with E-state index in [0.717, 1.165) is 5.69 Å². The van der Waals surface area contributed by atoms with Crippen molar-refractivity contribution >= 4 is 11.5 Å². The Balaban J connectivity index is 2.04. The monoisotopic (exact) mass is 279 g/mol. The van der Waals surface area contributed by atoms with Gasteiger partial charge in [-0.1, -0.05) is 6.07 Å². The van der Waals surface area contributed by atoms with Gasteiger partial charge in [-0.2, -0.15) is 10.5 Å². The number of hydrogen-bond acceptors (Lipinski definition) is 6. The first kappa shape index (κ1) is 14.3. The number of unbranched alkanes of at least 4 members (excludes halogenated alkanes) is 1. The van der Waals surface area contributed by atoms with Crippen molar-refractivity contribution in [3.05, 3.63) is 42.4 Å². The smallest absolute Gasteiger partial charge is 0.183 e. The molecular weight excluding hydrogens is 266 g/mol. The van der Waals surface area contributed by atoms with Gasteiger partial charge in [-0.15, -0.1) is 0 Å². The second kappa shape index (κ2) is 7.46. The first-order valence-electron chi connectivity index (χ1n) is 6.41. The maximum atomic E-state index is 8.97. The first-order valence-corrected chi connectivity index (χ1v) is 6.41. The molecule has 1 N–H and O–H groups in total. The van der Waals surface area contributed by atoms with Gasteiger partial charge >= 0.3 is 0 Å². The molecule has 6 nitrogen and oxygen atoms in total. The fourth-order valence-electron chi connectivity index (χ4n) is 1.65. The van der Waals surface area contributed by atoms with Gasteiger partial charge in [-0.05, 0) is 18.6 Å². The third-order valence-electron chi connectivity index (χ3n) is 2.60. The van der Waals surface area contributed by atoms with E-state index in [1.807, 2.05) is 30.3 Å². The van der Waals surface area contributed by atoms with Crippen molar-refractivity contribution in [2.75, 3.05) is 11.9 Å². The van der Waals surface area contributed by atoms with Crippen molar-refractivity contribution in [1.29, 1.82) is 10.5 Å². The number of nitrogens with zero attached hydrogens (tertiary/aromatic N) is 4. The molecule has 0 amide bonds. The van der Waals surface area contributed by atoms with Gasteiger partial charge in [-0.3, -0.25) is 0 Å². The van der Waals surface area contributed by atoms with Crippen molar-refractivity contribution in [1.82, 2.24) is 9.97 Å². The van der Waals surface area contributed by atoms with Gasteiger partial charge in [0.15, 0.2) is 11.5 Å². The largest absolute Gasteiger partial charge is 0.493 e. The first-order chi connectivity index (χ1) is 10.3. The van der Waals surface area contributed by atoms with Crippen LogP contribution >= 0.6 is 0 Å². The zero-order chi connectivity index (χ0) is 14.9. The Bertz CT molecular complexity index is 687. The summed E-state index contributed by atoms with van der Waals surface area (Å²) in [5, 5.41) is 20.5. The second-order valence-electron chi connectivity index (χ2n) is 4.13. The van der Waals surface area contributed by atoms with E-state index in [-0.39, 0.29) is 5.69 Å². The van der Waals surface area contributed by atoms with Crippen molar-refractivity contribution < 1.29 is 4.74 Å². The summed E-state index contributed by atoms with van der Waals surface area (Å²) in [7, 11) is 0. The average molecular weight is 279 g/mol. The van der Waals surface area contributed by atoms with Crippen LogP contribution in [0, 0.1) is 22.7 Å². The van der Waals surface area contributed by atoms with Crippen LogP contribution in [0.5, 0.6) is 5.75 Å².